The molecule has 4 aromatic carbocycles. The molecule has 7 rings (SSSR count). The average Bonchev–Trinajstić information content (AvgIpc) is 3.26. The van der Waals surface area contributed by atoms with Crippen molar-refractivity contribution in [1.29, 1.82) is 5.41 Å². The Morgan fingerprint density at radius 1 is 0.750 bits per heavy atom. The molecule has 0 aromatic heterocycles. The molecule has 380 valence electrons. The molecule has 7 N–H and O–H groups in total. The van der Waals surface area contributed by atoms with Crippen molar-refractivity contribution in [3.8, 4) is 11.5 Å². The fourth-order valence-corrected chi connectivity index (χ4v) is 10.5. The molecule has 3 aliphatic rings. The van der Waals surface area contributed by atoms with Crippen LogP contribution < -0.4 is 40.7 Å². The summed E-state index contributed by atoms with van der Waals surface area (Å²) < 4.78 is 78.4. The molecule has 20 heteroatoms. The number of aromatic carboxylic acids is 1. The standard InChI is InChI=1S/C52H58N6O12S2/c1-30(53)19-47(60)56-35-14-12-32(13-15-35)49(61)55-18-10-8-9-17-54-46(59)21-31-11-16-36(39(20-31)50(62)63)48-40-22-37-33(28-71(64,65)66)26-51(2,3)57(6)42(37)24-44(40)70-45-25-43-38(23-41(45)48)34(29-72(67,68)69)27-52(4,5)58(43)7/h11-16,20,22-27,53H,8-10,17-19,21,28-29H2,1-7H3,(H5-,54,55,56,59,60,61,62,63,64,65,66,67,68,69)/p+1. The van der Waals surface area contributed by atoms with Crippen molar-refractivity contribution in [3.63, 3.8) is 0 Å². The Kier molecular flexibility index (Phi) is 14.9. The Hall–Kier alpha value is -7.00. The molecule has 4 aromatic rings. The number of anilines is 2. The van der Waals surface area contributed by atoms with Crippen molar-refractivity contribution in [2.45, 2.75) is 77.8 Å². The van der Waals surface area contributed by atoms with Gasteiger partial charge in [-0.1, -0.05) is 18.2 Å². The maximum atomic E-state index is 13.3. The number of benzene rings is 4. The lowest BCUT2D eigenvalue weighted by Gasteiger charge is -2.41. The van der Waals surface area contributed by atoms with Crippen molar-refractivity contribution in [3.05, 3.63) is 128 Å². The van der Waals surface area contributed by atoms with Crippen LogP contribution in [0.1, 0.15) is 109 Å². The molecule has 0 atom stereocenters. The number of likely N-dealkylation sites (N-methyl/N-ethyl adjacent to an activating group) is 2. The molecule has 0 spiro atoms. The number of nitrogens with zero attached hydrogens (tertiary/aromatic N) is 2. The van der Waals surface area contributed by atoms with Gasteiger partial charge in [0, 0.05) is 84.6 Å². The average molecular weight is 1020 g/mol. The summed E-state index contributed by atoms with van der Waals surface area (Å²) in [5.74, 6) is -3.03. The number of carbonyl (C=O) groups excluding carboxylic acids is 3. The van der Waals surface area contributed by atoms with Gasteiger partial charge in [-0.05, 0) is 111 Å². The van der Waals surface area contributed by atoms with Crippen LogP contribution in [0.4, 0.5) is 11.4 Å². The van der Waals surface area contributed by atoms with Crippen LogP contribution >= 0.6 is 0 Å². The van der Waals surface area contributed by atoms with Crippen LogP contribution in [-0.4, -0.2) is 110 Å². The van der Waals surface area contributed by atoms with E-state index < -0.39 is 48.8 Å². The fraction of sp³-hybridized carbons (Fsp3) is 0.346. The molecule has 3 heterocycles. The van der Waals surface area contributed by atoms with Crippen LogP contribution in [0, 0.1) is 5.41 Å². The van der Waals surface area contributed by atoms with Gasteiger partial charge >= 0.3 is 5.97 Å². The number of carboxylic acid groups (broad SMARTS) is 1. The van der Waals surface area contributed by atoms with E-state index in [1.54, 1.807) is 79.7 Å². The Balaban J connectivity index is 1.15. The number of unbranched alkanes of at least 4 members (excludes halogenated alkanes) is 2. The van der Waals surface area contributed by atoms with Crippen molar-refractivity contribution in [2.24, 2.45) is 0 Å². The van der Waals surface area contributed by atoms with E-state index in [0.29, 0.717) is 110 Å². The van der Waals surface area contributed by atoms with Crippen molar-refractivity contribution < 1.29 is 55.0 Å². The summed E-state index contributed by atoms with van der Waals surface area (Å²) in [6.45, 7) is 9.83. The lowest BCUT2D eigenvalue weighted by atomic mass is 9.83. The first kappa shape index (κ1) is 52.8. The number of ether oxygens (including phenoxy) is 1. The summed E-state index contributed by atoms with van der Waals surface area (Å²) >= 11 is 0. The third-order valence-electron chi connectivity index (χ3n) is 13.1. The molecule has 3 amide bonds. The van der Waals surface area contributed by atoms with Gasteiger partial charge in [-0.15, -0.1) is 0 Å². The molecule has 18 nitrogen and oxygen atoms in total. The number of hydrogen-bond acceptors (Lipinski definition) is 11. The lowest BCUT2D eigenvalue weighted by Crippen LogP contribution is -2.47. The fourth-order valence-electron chi connectivity index (χ4n) is 9.23. The van der Waals surface area contributed by atoms with E-state index in [9.17, 15) is 50.2 Å². The SMILES string of the molecule is CC(=N)CC(=O)Nc1ccc(C(=O)NCCCCCNC(=O)Cc2ccc(C3=c4cc5c(cc4Oc4cc6c(cc43)C(CS(=O)(=O)O)=CC(C)(C)N6C)=[N+](C)C(C)(C)C=C5CS(=O)(=O)O)c(C(=O)O)c2)cc1. The Bertz CT molecular complexity index is 3380. The van der Waals surface area contributed by atoms with Crippen molar-refractivity contribution >= 4 is 77.7 Å². The van der Waals surface area contributed by atoms with Gasteiger partial charge in [0.25, 0.3) is 26.1 Å². The molecular weight excluding hydrogens is 965 g/mol. The molecule has 0 fully saturated rings. The second-order valence-electron chi connectivity index (χ2n) is 19.5. The summed E-state index contributed by atoms with van der Waals surface area (Å²) in [5.41, 5.74) is 3.04. The number of amides is 3. The maximum absolute atomic E-state index is 13.3. The van der Waals surface area contributed by atoms with E-state index in [1.807, 2.05) is 51.3 Å². The van der Waals surface area contributed by atoms with Crippen LogP contribution in [0.25, 0.3) is 16.7 Å². The molecule has 0 saturated carbocycles. The lowest BCUT2D eigenvalue weighted by molar-refractivity contribution is -0.120. The number of rotatable bonds is 18. The van der Waals surface area contributed by atoms with Gasteiger partial charge in [-0.3, -0.25) is 23.5 Å². The first-order chi connectivity index (χ1) is 33.6. The van der Waals surface area contributed by atoms with E-state index in [1.165, 1.54) is 6.07 Å². The summed E-state index contributed by atoms with van der Waals surface area (Å²) in [7, 11) is -5.37. The monoisotopic (exact) mass is 1020 g/mol. The van der Waals surface area contributed by atoms with Crippen LogP contribution in [0.5, 0.6) is 11.5 Å². The Morgan fingerprint density at radius 2 is 1.39 bits per heavy atom. The minimum Gasteiger partial charge on any atom is -0.478 e. The largest absolute Gasteiger partial charge is 0.478 e. The second kappa shape index (κ2) is 20.2. The van der Waals surface area contributed by atoms with Crippen LogP contribution in [0.3, 0.4) is 0 Å². The summed E-state index contributed by atoms with van der Waals surface area (Å²) in [6, 6.07) is 18.0. The minimum atomic E-state index is -4.52. The highest BCUT2D eigenvalue weighted by Gasteiger charge is 2.37. The van der Waals surface area contributed by atoms with Gasteiger partial charge < -0.3 is 36.1 Å². The molecule has 3 aliphatic heterocycles. The maximum Gasteiger partial charge on any atom is 0.336 e. The first-order valence-corrected chi connectivity index (χ1v) is 26.4. The Morgan fingerprint density at radius 3 is 2.01 bits per heavy atom. The van der Waals surface area contributed by atoms with E-state index >= 15 is 0 Å². The van der Waals surface area contributed by atoms with Crippen LogP contribution in [0.2, 0.25) is 0 Å². The zero-order valence-electron chi connectivity index (χ0n) is 41.1. The van der Waals surface area contributed by atoms with Gasteiger partial charge in [0.1, 0.15) is 30.1 Å². The molecule has 0 unspecified atom stereocenters. The topological polar surface area (TPSA) is 273 Å². The normalized spacial score (nSPS) is 15.4. The van der Waals surface area contributed by atoms with Crippen molar-refractivity contribution in [1.82, 2.24) is 15.2 Å². The zero-order chi connectivity index (χ0) is 52.7. The third kappa shape index (κ3) is 12.0. The van der Waals surface area contributed by atoms with Gasteiger partial charge in [0.2, 0.25) is 17.2 Å². The quantitative estimate of drug-likeness (QED) is 0.0263. The summed E-state index contributed by atoms with van der Waals surface area (Å²) in [5, 5.41) is 27.7. The summed E-state index contributed by atoms with van der Waals surface area (Å²) in [4.78, 5) is 53.1. The highest BCUT2D eigenvalue weighted by atomic mass is 32.2. The molecule has 72 heavy (non-hydrogen) atoms. The smallest absolute Gasteiger partial charge is 0.336 e. The number of nitrogens with one attached hydrogen (secondary N) is 4. The molecular formula is C52H59N6O12S2+. The molecule has 0 aliphatic carbocycles. The van der Waals surface area contributed by atoms with Crippen LogP contribution in [-0.2, 0) is 36.2 Å². The van der Waals surface area contributed by atoms with Gasteiger partial charge in [-0.2, -0.15) is 16.8 Å². The van der Waals surface area contributed by atoms with Gasteiger partial charge in [-0.25, -0.2) is 9.37 Å². The minimum absolute atomic E-state index is 0.0157. The Labute approximate surface area is 418 Å². The van der Waals surface area contributed by atoms with Crippen LogP contribution in [0.15, 0.2) is 78.9 Å². The highest BCUT2D eigenvalue weighted by molar-refractivity contribution is 7.86. The van der Waals surface area contributed by atoms with E-state index in [0.717, 1.165) is 0 Å². The third-order valence-corrected chi connectivity index (χ3v) is 14.4. The van der Waals surface area contributed by atoms with E-state index in [2.05, 4.69) is 16.0 Å². The van der Waals surface area contributed by atoms with Gasteiger partial charge in [0.15, 0.2) is 5.54 Å². The predicted octanol–water partition coefficient (Wildman–Crippen LogP) is 5.05. The van der Waals surface area contributed by atoms with E-state index in [-0.39, 0.29) is 47.4 Å². The molecule has 0 bridgehead atoms. The number of fused-ring (bicyclic) bond motifs is 4. The van der Waals surface area contributed by atoms with Crippen molar-refractivity contribution in [2.75, 3.05) is 48.9 Å². The molecule has 0 saturated heterocycles. The predicted molar refractivity (Wildman–Crippen MR) is 276 cm³/mol. The summed E-state index contributed by atoms with van der Waals surface area (Å²) in [6.07, 6.45) is 5.27. The first-order valence-electron chi connectivity index (χ1n) is 23.2. The highest BCUT2D eigenvalue weighted by Crippen LogP contribution is 2.47. The number of hydrogen-bond donors (Lipinski definition) is 7. The molecule has 0 radical (unpaired) electrons. The zero-order valence-corrected chi connectivity index (χ0v) is 42.7. The second-order valence-corrected chi connectivity index (χ2v) is 22.4. The van der Waals surface area contributed by atoms with Gasteiger partial charge in [0.05, 0.1) is 35.6 Å². The number of carbonyl (C=O) groups is 4. The van der Waals surface area contributed by atoms with E-state index in [4.69, 9.17) is 10.1 Å². The number of carboxylic acids is 1.